The standard InChI is InChI=1S/C23H28N6O3/c1-13-9-16(10-14(2)32-13)19-8-5-17(12-25-19)27-23-20(21(24)31)22(28-29-23)26-11-15-3-6-18(30)7-4-15/h3-8,12-14,16,30H,9-11H2,1-2H3,(H2,24,31)(H3,26,27,28,29). The smallest absolute Gasteiger partial charge is 0.256 e. The molecule has 0 saturated carbocycles. The summed E-state index contributed by atoms with van der Waals surface area (Å²) >= 11 is 0. The van der Waals surface area contributed by atoms with Crippen molar-refractivity contribution in [3.63, 3.8) is 0 Å². The number of H-pyrrole nitrogens is 1. The number of anilines is 3. The number of hydrogen-bond donors (Lipinski definition) is 5. The first kappa shape index (κ1) is 21.6. The number of phenolic OH excluding ortho intramolecular Hbond substituents is 1. The summed E-state index contributed by atoms with van der Waals surface area (Å²) in [4.78, 5) is 16.7. The number of nitrogens with two attached hydrogens (primary N) is 1. The van der Waals surface area contributed by atoms with Crippen molar-refractivity contribution in [2.24, 2.45) is 5.73 Å². The molecule has 1 saturated heterocycles. The molecule has 2 unspecified atom stereocenters. The molecule has 4 rings (SSSR count). The van der Waals surface area contributed by atoms with Crippen LogP contribution in [0.2, 0.25) is 0 Å². The summed E-state index contributed by atoms with van der Waals surface area (Å²) < 4.78 is 5.82. The van der Waals surface area contributed by atoms with Crippen LogP contribution in [0.4, 0.5) is 17.3 Å². The number of carbonyl (C=O) groups is 1. The van der Waals surface area contributed by atoms with E-state index in [1.165, 1.54) is 0 Å². The Bertz CT molecular complexity index is 1050. The number of ether oxygens (including phenoxy) is 1. The van der Waals surface area contributed by atoms with Crippen molar-refractivity contribution >= 4 is 23.2 Å². The number of aromatic amines is 1. The number of benzene rings is 1. The Balaban J connectivity index is 1.45. The molecule has 3 heterocycles. The van der Waals surface area contributed by atoms with Crippen molar-refractivity contribution in [2.45, 2.75) is 51.4 Å². The Hall–Kier alpha value is -3.59. The van der Waals surface area contributed by atoms with Crippen LogP contribution in [0.1, 0.15) is 54.2 Å². The molecule has 9 heteroatoms. The van der Waals surface area contributed by atoms with E-state index in [1.54, 1.807) is 30.5 Å². The summed E-state index contributed by atoms with van der Waals surface area (Å²) in [6.07, 6.45) is 4.08. The number of pyridine rings is 1. The molecular weight excluding hydrogens is 408 g/mol. The van der Waals surface area contributed by atoms with E-state index in [1.807, 2.05) is 12.1 Å². The van der Waals surface area contributed by atoms with Gasteiger partial charge in [-0.3, -0.25) is 14.9 Å². The zero-order valence-electron chi connectivity index (χ0n) is 18.1. The van der Waals surface area contributed by atoms with Crippen molar-refractivity contribution in [1.29, 1.82) is 0 Å². The average Bonchev–Trinajstić information content (AvgIpc) is 3.16. The Morgan fingerprint density at radius 2 is 1.91 bits per heavy atom. The fourth-order valence-corrected chi connectivity index (χ4v) is 4.11. The van der Waals surface area contributed by atoms with E-state index in [0.717, 1.165) is 24.1 Å². The Labute approximate surface area is 186 Å². The first-order chi connectivity index (χ1) is 15.4. The average molecular weight is 437 g/mol. The van der Waals surface area contributed by atoms with Crippen LogP contribution in [0, 0.1) is 0 Å². The predicted molar refractivity (Wildman–Crippen MR) is 122 cm³/mol. The van der Waals surface area contributed by atoms with Gasteiger partial charge in [0, 0.05) is 18.2 Å². The van der Waals surface area contributed by atoms with Gasteiger partial charge in [-0.2, -0.15) is 5.10 Å². The highest BCUT2D eigenvalue weighted by molar-refractivity contribution is 6.03. The van der Waals surface area contributed by atoms with Crippen LogP contribution in [0.15, 0.2) is 42.6 Å². The molecule has 1 amide bonds. The zero-order valence-corrected chi connectivity index (χ0v) is 18.1. The van der Waals surface area contributed by atoms with E-state index in [4.69, 9.17) is 10.5 Å². The molecule has 2 aromatic heterocycles. The maximum atomic E-state index is 12.1. The Morgan fingerprint density at radius 3 is 2.53 bits per heavy atom. The summed E-state index contributed by atoms with van der Waals surface area (Å²) in [6.45, 7) is 4.62. The molecule has 1 aliphatic heterocycles. The molecule has 6 N–H and O–H groups in total. The fraction of sp³-hybridized carbons (Fsp3) is 0.348. The van der Waals surface area contributed by atoms with Gasteiger partial charge in [0.05, 0.1) is 24.1 Å². The molecular formula is C23H28N6O3. The van der Waals surface area contributed by atoms with Crippen molar-refractivity contribution < 1.29 is 14.6 Å². The molecule has 0 spiro atoms. The third-order valence-electron chi connectivity index (χ3n) is 5.58. The molecule has 3 aromatic rings. The van der Waals surface area contributed by atoms with Crippen LogP contribution >= 0.6 is 0 Å². The number of nitrogens with zero attached hydrogens (tertiary/aromatic N) is 2. The highest BCUT2D eigenvalue weighted by Gasteiger charge is 2.26. The van der Waals surface area contributed by atoms with Gasteiger partial charge in [-0.25, -0.2) is 0 Å². The number of phenols is 1. The number of hydrogen-bond acceptors (Lipinski definition) is 7. The molecule has 1 aromatic carbocycles. The first-order valence-corrected chi connectivity index (χ1v) is 10.7. The zero-order chi connectivity index (χ0) is 22.7. The van der Waals surface area contributed by atoms with Gasteiger partial charge in [0.1, 0.15) is 17.1 Å². The van der Waals surface area contributed by atoms with E-state index in [9.17, 15) is 9.90 Å². The third kappa shape index (κ3) is 5.00. The van der Waals surface area contributed by atoms with E-state index in [-0.39, 0.29) is 23.5 Å². The topological polar surface area (TPSA) is 138 Å². The lowest BCUT2D eigenvalue weighted by molar-refractivity contribution is -0.0385. The van der Waals surface area contributed by atoms with Crippen molar-refractivity contribution in [1.82, 2.24) is 15.2 Å². The Kier molecular flexibility index (Phi) is 6.27. The highest BCUT2D eigenvalue weighted by Crippen LogP contribution is 2.33. The molecule has 9 nitrogen and oxygen atoms in total. The SMILES string of the molecule is CC1CC(c2ccc(Nc3n[nH]c(NCc4ccc(O)cc4)c3C(N)=O)cn2)CC(C)O1. The summed E-state index contributed by atoms with van der Waals surface area (Å²) in [5, 5.41) is 22.7. The number of amides is 1. The van der Waals surface area contributed by atoms with Gasteiger partial charge in [-0.1, -0.05) is 12.1 Å². The highest BCUT2D eigenvalue weighted by atomic mass is 16.5. The second-order valence-electron chi connectivity index (χ2n) is 8.23. The van der Waals surface area contributed by atoms with Gasteiger partial charge in [-0.15, -0.1) is 0 Å². The lowest BCUT2D eigenvalue weighted by Crippen LogP contribution is -2.28. The minimum Gasteiger partial charge on any atom is -0.508 e. The van der Waals surface area contributed by atoms with Crippen LogP contribution in [0.25, 0.3) is 0 Å². The van der Waals surface area contributed by atoms with Gasteiger partial charge < -0.3 is 26.2 Å². The number of carbonyl (C=O) groups excluding carboxylic acids is 1. The van der Waals surface area contributed by atoms with Crippen LogP contribution in [0.3, 0.4) is 0 Å². The first-order valence-electron chi connectivity index (χ1n) is 10.7. The Morgan fingerprint density at radius 1 is 1.19 bits per heavy atom. The van der Waals surface area contributed by atoms with Gasteiger partial charge in [0.25, 0.3) is 5.91 Å². The maximum absolute atomic E-state index is 12.1. The van der Waals surface area contributed by atoms with Crippen molar-refractivity contribution in [3.8, 4) is 5.75 Å². The van der Waals surface area contributed by atoms with Crippen LogP contribution in [-0.4, -0.2) is 38.4 Å². The van der Waals surface area contributed by atoms with E-state index < -0.39 is 5.91 Å². The molecule has 2 atom stereocenters. The van der Waals surface area contributed by atoms with Crippen LogP contribution in [-0.2, 0) is 11.3 Å². The minimum absolute atomic E-state index is 0.195. The lowest BCUT2D eigenvalue weighted by Gasteiger charge is -2.31. The predicted octanol–water partition coefficient (Wildman–Crippen LogP) is 3.64. The molecule has 1 fully saturated rings. The van der Waals surface area contributed by atoms with Crippen LogP contribution < -0.4 is 16.4 Å². The van der Waals surface area contributed by atoms with Crippen molar-refractivity contribution in [2.75, 3.05) is 10.6 Å². The molecule has 32 heavy (non-hydrogen) atoms. The largest absolute Gasteiger partial charge is 0.508 e. The number of primary amides is 1. The lowest BCUT2D eigenvalue weighted by atomic mass is 9.89. The van der Waals surface area contributed by atoms with Crippen molar-refractivity contribution in [3.05, 3.63) is 59.4 Å². The number of rotatable bonds is 7. The van der Waals surface area contributed by atoms with E-state index in [0.29, 0.717) is 29.8 Å². The van der Waals surface area contributed by atoms with Crippen LogP contribution in [0.5, 0.6) is 5.75 Å². The minimum atomic E-state index is -0.607. The second kappa shape index (κ2) is 9.27. The number of aromatic nitrogens is 3. The van der Waals surface area contributed by atoms with E-state index >= 15 is 0 Å². The molecule has 0 aliphatic carbocycles. The monoisotopic (exact) mass is 436 g/mol. The maximum Gasteiger partial charge on any atom is 0.256 e. The number of aromatic hydroxyl groups is 1. The molecule has 0 radical (unpaired) electrons. The van der Waals surface area contributed by atoms with Gasteiger partial charge in [0.15, 0.2) is 5.82 Å². The number of nitrogens with one attached hydrogen (secondary N) is 3. The summed E-state index contributed by atoms with van der Waals surface area (Å²) in [5.41, 5.74) is 8.52. The summed E-state index contributed by atoms with van der Waals surface area (Å²) in [7, 11) is 0. The molecule has 0 bridgehead atoms. The quantitative estimate of drug-likeness (QED) is 0.381. The second-order valence-corrected chi connectivity index (χ2v) is 8.23. The van der Waals surface area contributed by atoms with Gasteiger partial charge >= 0.3 is 0 Å². The third-order valence-corrected chi connectivity index (χ3v) is 5.58. The summed E-state index contributed by atoms with van der Waals surface area (Å²) in [5.74, 6) is 0.700. The van der Waals surface area contributed by atoms with E-state index in [2.05, 4.69) is 39.7 Å². The normalized spacial score (nSPS) is 20.6. The van der Waals surface area contributed by atoms with Gasteiger partial charge in [0.2, 0.25) is 0 Å². The molecule has 1 aliphatic rings. The fourth-order valence-electron chi connectivity index (χ4n) is 4.11. The van der Waals surface area contributed by atoms with Gasteiger partial charge in [-0.05, 0) is 56.5 Å². The summed E-state index contributed by atoms with van der Waals surface area (Å²) in [6, 6.07) is 10.7. The molecule has 168 valence electrons.